The lowest BCUT2D eigenvalue weighted by atomic mass is 9.91. The second-order valence-corrected chi connectivity index (χ2v) is 6.20. The molecule has 0 spiro atoms. The summed E-state index contributed by atoms with van der Waals surface area (Å²) in [5, 5.41) is 13.0. The molecule has 0 aliphatic heterocycles. The normalized spacial score (nSPS) is 27.3. The van der Waals surface area contributed by atoms with Gasteiger partial charge in [0.05, 0.1) is 12.1 Å². The fourth-order valence-electron chi connectivity index (χ4n) is 2.34. The SMILES string of the molecule is CCNC(C#N)CCSC1CCCC(C)C1. The number of hydrogen-bond acceptors (Lipinski definition) is 3. The van der Waals surface area contributed by atoms with Crippen molar-refractivity contribution in [3.63, 3.8) is 0 Å². The Morgan fingerprint density at radius 3 is 2.94 bits per heavy atom. The number of nitrogens with zero attached hydrogens (tertiary/aromatic N) is 1. The summed E-state index contributed by atoms with van der Waals surface area (Å²) in [4.78, 5) is 0. The molecule has 1 saturated carbocycles. The quantitative estimate of drug-likeness (QED) is 0.774. The van der Waals surface area contributed by atoms with Crippen LogP contribution < -0.4 is 5.32 Å². The van der Waals surface area contributed by atoms with E-state index in [1.807, 2.05) is 0 Å². The van der Waals surface area contributed by atoms with E-state index in [-0.39, 0.29) is 6.04 Å². The summed E-state index contributed by atoms with van der Waals surface area (Å²) in [5.41, 5.74) is 0. The van der Waals surface area contributed by atoms with Crippen LogP contribution in [0, 0.1) is 17.2 Å². The number of nitrogens with one attached hydrogen (secondary N) is 1. The van der Waals surface area contributed by atoms with Gasteiger partial charge in [-0.05, 0) is 37.5 Å². The summed E-state index contributed by atoms with van der Waals surface area (Å²) in [6, 6.07) is 2.38. The first-order chi connectivity index (χ1) is 7.76. The highest BCUT2D eigenvalue weighted by molar-refractivity contribution is 7.99. The predicted octanol–water partition coefficient (Wildman–Crippen LogP) is 3.19. The predicted molar refractivity (Wildman–Crippen MR) is 71.6 cm³/mol. The van der Waals surface area contributed by atoms with Crippen molar-refractivity contribution in [3.05, 3.63) is 0 Å². The standard InChI is InChI=1S/C13H24N2S/c1-3-15-12(10-14)7-8-16-13-6-4-5-11(2)9-13/h11-13,15H,3-9H2,1-2H3. The Balaban J connectivity index is 2.12. The highest BCUT2D eigenvalue weighted by atomic mass is 32.2. The third-order valence-electron chi connectivity index (χ3n) is 3.25. The van der Waals surface area contributed by atoms with Gasteiger partial charge >= 0.3 is 0 Å². The van der Waals surface area contributed by atoms with Crippen LogP contribution in [-0.4, -0.2) is 23.6 Å². The summed E-state index contributed by atoms with van der Waals surface area (Å²) in [6.45, 7) is 5.31. The van der Waals surface area contributed by atoms with Crippen LogP contribution in [0.5, 0.6) is 0 Å². The van der Waals surface area contributed by atoms with Crippen molar-refractivity contribution in [2.24, 2.45) is 5.92 Å². The number of rotatable bonds is 6. The minimum absolute atomic E-state index is 0.0542. The van der Waals surface area contributed by atoms with E-state index in [2.05, 4.69) is 37.0 Å². The van der Waals surface area contributed by atoms with E-state index in [9.17, 15) is 0 Å². The van der Waals surface area contributed by atoms with E-state index in [4.69, 9.17) is 5.26 Å². The van der Waals surface area contributed by atoms with Gasteiger partial charge in [0.15, 0.2) is 0 Å². The summed E-state index contributed by atoms with van der Waals surface area (Å²) >= 11 is 2.08. The molecule has 3 unspecified atom stereocenters. The highest BCUT2D eigenvalue weighted by Crippen LogP contribution is 2.32. The van der Waals surface area contributed by atoms with Gasteiger partial charge in [-0.1, -0.05) is 26.7 Å². The van der Waals surface area contributed by atoms with Gasteiger partial charge < -0.3 is 5.32 Å². The van der Waals surface area contributed by atoms with Crippen molar-refractivity contribution in [1.29, 1.82) is 5.26 Å². The topological polar surface area (TPSA) is 35.8 Å². The minimum atomic E-state index is 0.0542. The van der Waals surface area contributed by atoms with Crippen molar-refractivity contribution < 1.29 is 0 Å². The van der Waals surface area contributed by atoms with Crippen LogP contribution in [-0.2, 0) is 0 Å². The lowest BCUT2D eigenvalue weighted by molar-refractivity contribution is 0.394. The highest BCUT2D eigenvalue weighted by Gasteiger charge is 2.19. The Kier molecular flexibility index (Phi) is 6.91. The van der Waals surface area contributed by atoms with Crippen molar-refractivity contribution in [2.45, 2.75) is 57.2 Å². The van der Waals surface area contributed by atoms with E-state index in [1.54, 1.807) is 0 Å². The molecule has 92 valence electrons. The zero-order valence-electron chi connectivity index (χ0n) is 10.5. The second kappa shape index (κ2) is 7.97. The van der Waals surface area contributed by atoms with Crippen LogP contribution in [0.15, 0.2) is 0 Å². The van der Waals surface area contributed by atoms with Crippen molar-refractivity contribution >= 4 is 11.8 Å². The van der Waals surface area contributed by atoms with Crippen LogP contribution in [0.3, 0.4) is 0 Å². The van der Waals surface area contributed by atoms with Gasteiger partial charge in [-0.2, -0.15) is 17.0 Å². The summed E-state index contributed by atoms with van der Waals surface area (Å²) in [5.74, 6) is 2.04. The molecule has 1 fully saturated rings. The zero-order valence-corrected chi connectivity index (χ0v) is 11.4. The number of nitriles is 1. The molecule has 0 radical (unpaired) electrons. The van der Waals surface area contributed by atoms with Crippen LogP contribution >= 0.6 is 11.8 Å². The monoisotopic (exact) mass is 240 g/mol. The van der Waals surface area contributed by atoms with E-state index in [0.29, 0.717) is 0 Å². The van der Waals surface area contributed by atoms with E-state index < -0.39 is 0 Å². The Labute approximate surface area is 104 Å². The lowest BCUT2D eigenvalue weighted by Gasteiger charge is -2.26. The van der Waals surface area contributed by atoms with Gasteiger partial charge in [0.1, 0.15) is 0 Å². The molecule has 0 heterocycles. The number of thioether (sulfide) groups is 1. The van der Waals surface area contributed by atoms with E-state index >= 15 is 0 Å². The molecule has 0 aromatic heterocycles. The average molecular weight is 240 g/mol. The molecule has 0 saturated heterocycles. The third-order valence-corrected chi connectivity index (χ3v) is 4.63. The average Bonchev–Trinajstić information content (AvgIpc) is 2.28. The molecule has 16 heavy (non-hydrogen) atoms. The minimum Gasteiger partial charge on any atom is -0.302 e. The van der Waals surface area contributed by atoms with Crippen LogP contribution in [0.4, 0.5) is 0 Å². The molecular weight excluding hydrogens is 216 g/mol. The fourth-order valence-corrected chi connectivity index (χ4v) is 3.84. The molecule has 0 bridgehead atoms. The first-order valence-corrected chi connectivity index (χ1v) is 7.55. The maximum Gasteiger partial charge on any atom is 0.0960 e. The smallest absolute Gasteiger partial charge is 0.0960 e. The molecule has 0 aromatic rings. The molecule has 1 N–H and O–H groups in total. The van der Waals surface area contributed by atoms with E-state index in [0.717, 1.165) is 29.9 Å². The molecule has 1 aliphatic carbocycles. The van der Waals surface area contributed by atoms with Gasteiger partial charge in [0.25, 0.3) is 0 Å². The van der Waals surface area contributed by atoms with Crippen molar-refractivity contribution in [2.75, 3.05) is 12.3 Å². The Bertz CT molecular complexity index is 224. The summed E-state index contributed by atoms with van der Waals surface area (Å²) in [7, 11) is 0. The molecule has 1 rings (SSSR count). The first kappa shape index (κ1) is 13.9. The molecular formula is C13H24N2S. The second-order valence-electron chi connectivity index (χ2n) is 4.79. The third kappa shape index (κ3) is 5.23. The maximum absolute atomic E-state index is 8.91. The molecule has 3 atom stereocenters. The molecule has 3 heteroatoms. The number of hydrogen-bond donors (Lipinski definition) is 1. The van der Waals surface area contributed by atoms with Gasteiger partial charge in [-0.15, -0.1) is 0 Å². The lowest BCUT2D eigenvalue weighted by Crippen LogP contribution is -2.28. The van der Waals surface area contributed by atoms with Crippen LogP contribution in [0.2, 0.25) is 0 Å². The summed E-state index contributed by atoms with van der Waals surface area (Å²) < 4.78 is 0. The summed E-state index contributed by atoms with van der Waals surface area (Å²) in [6.07, 6.45) is 6.55. The molecule has 0 amide bonds. The van der Waals surface area contributed by atoms with E-state index in [1.165, 1.54) is 25.7 Å². The largest absolute Gasteiger partial charge is 0.302 e. The first-order valence-electron chi connectivity index (χ1n) is 6.50. The molecule has 1 aliphatic rings. The van der Waals surface area contributed by atoms with Gasteiger partial charge in [-0.3, -0.25) is 0 Å². The van der Waals surface area contributed by atoms with Gasteiger partial charge in [-0.25, -0.2) is 0 Å². The Hall–Kier alpha value is -0.200. The molecule has 2 nitrogen and oxygen atoms in total. The van der Waals surface area contributed by atoms with Gasteiger partial charge in [0, 0.05) is 5.25 Å². The maximum atomic E-state index is 8.91. The molecule has 0 aromatic carbocycles. The zero-order chi connectivity index (χ0) is 11.8. The van der Waals surface area contributed by atoms with Crippen molar-refractivity contribution in [1.82, 2.24) is 5.32 Å². The Morgan fingerprint density at radius 2 is 2.31 bits per heavy atom. The van der Waals surface area contributed by atoms with Crippen LogP contribution in [0.1, 0.15) is 46.0 Å². The van der Waals surface area contributed by atoms with Gasteiger partial charge in [0.2, 0.25) is 0 Å². The van der Waals surface area contributed by atoms with Crippen LogP contribution in [0.25, 0.3) is 0 Å². The fraction of sp³-hybridized carbons (Fsp3) is 0.923. The van der Waals surface area contributed by atoms with Crippen molar-refractivity contribution in [3.8, 4) is 6.07 Å². The Morgan fingerprint density at radius 1 is 1.50 bits per heavy atom.